The molecule has 0 spiro atoms. The first-order chi connectivity index (χ1) is 6.52. The molecule has 3 nitrogen and oxygen atoms in total. The molecule has 1 rings (SSSR count). The molecule has 14 heavy (non-hydrogen) atoms. The van der Waals surface area contributed by atoms with Gasteiger partial charge < -0.3 is 10.4 Å². The minimum atomic E-state index is -1.20. The van der Waals surface area contributed by atoms with Crippen molar-refractivity contribution >= 4 is 17.7 Å². The Morgan fingerprint density at radius 2 is 2.29 bits per heavy atom. The van der Waals surface area contributed by atoms with Gasteiger partial charge in [0.1, 0.15) is 5.82 Å². The van der Waals surface area contributed by atoms with Crippen LogP contribution in [0.5, 0.6) is 0 Å². The van der Waals surface area contributed by atoms with Crippen LogP contribution in [-0.4, -0.2) is 11.2 Å². The molecule has 1 amide bonds. The van der Waals surface area contributed by atoms with E-state index in [0.717, 1.165) is 0 Å². The fourth-order valence-electron chi connectivity index (χ4n) is 1.12. The fourth-order valence-corrected chi connectivity index (χ4v) is 1.30. The molecule has 1 atom stereocenters. The molecule has 1 unspecified atom stereocenters. The molecule has 0 fully saturated rings. The summed E-state index contributed by atoms with van der Waals surface area (Å²) in [5.74, 6) is -0.588. The molecule has 0 radical (unpaired) electrons. The summed E-state index contributed by atoms with van der Waals surface area (Å²) in [5.41, 5.74) is 0.236. The van der Waals surface area contributed by atoms with Crippen molar-refractivity contribution in [2.75, 3.05) is 0 Å². The van der Waals surface area contributed by atoms with Crippen LogP contribution in [0.25, 0.3) is 0 Å². The van der Waals surface area contributed by atoms with Crippen molar-refractivity contribution in [2.24, 2.45) is 0 Å². The zero-order valence-corrected chi connectivity index (χ0v) is 8.18. The molecule has 0 aliphatic carbocycles. The number of hydrogen-bond acceptors (Lipinski definition) is 1. The zero-order valence-electron chi connectivity index (χ0n) is 7.42. The minimum absolute atomic E-state index is 0.0125. The summed E-state index contributed by atoms with van der Waals surface area (Å²) < 4.78 is 13.3. The molecule has 1 aromatic rings. The van der Waals surface area contributed by atoms with Crippen LogP contribution < -0.4 is 5.32 Å². The Balaban J connectivity index is 2.95. The standard InChI is InChI=1S/C9H9ClFNO2/c1-5(12-9(13)14)6-3-2-4-7(10)8(6)11/h2-5,12H,1H3,(H,13,14). The molecule has 1 aromatic carbocycles. The van der Waals surface area contributed by atoms with Crippen LogP contribution in [0.2, 0.25) is 5.02 Å². The number of nitrogens with one attached hydrogen (secondary N) is 1. The highest BCUT2D eigenvalue weighted by Crippen LogP contribution is 2.22. The lowest BCUT2D eigenvalue weighted by molar-refractivity contribution is 0.190. The van der Waals surface area contributed by atoms with Crippen LogP contribution >= 0.6 is 11.6 Å². The maximum absolute atomic E-state index is 13.3. The number of halogens is 2. The third-order valence-corrected chi connectivity index (χ3v) is 2.08. The van der Waals surface area contributed by atoms with Gasteiger partial charge in [0.05, 0.1) is 11.1 Å². The molecule has 2 N–H and O–H groups in total. The highest BCUT2D eigenvalue weighted by Gasteiger charge is 2.14. The number of hydrogen-bond donors (Lipinski definition) is 2. The third kappa shape index (κ3) is 2.35. The van der Waals surface area contributed by atoms with Gasteiger partial charge in [-0.15, -0.1) is 0 Å². The van der Waals surface area contributed by atoms with Gasteiger partial charge in [0.2, 0.25) is 0 Å². The van der Waals surface area contributed by atoms with Gasteiger partial charge in [0, 0.05) is 5.56 Å². The maximum atomic E-state index is 13.3. The summed E-state index contributed by atoms with van der Waals surface area (Å²) in [7, 11) is 0. The van der Waals surface area contributed by atoms with E-state index in [1.165, 1.54) is 12.1 Å². The Kier molecular flexibility index (Phi) is 3.30. The maximum Gasteiger partial charge on any atom is 0.405 e. The van der Waals surface area contributed by atoms with Gasteiger partial charge in [0.15, 0.2) is 0 Å². The Hall–Kier alpha value is -1.29. The van der Waals surface area contributed by atoms with E-state index in [2.05, 4.69) is 5.32 Å². The van der Waals surface area contributed by atoms with Gasteiger partial charge in [-0.2, -0.15) is 0 Å². The van der Waals surface area contributed by atoms with Crippen LogP contribution in [0, 0.1) is 5.82 Å². The number of carbonyl (C=O) groups is 1. The molecule has 0 saturated heterocycles. The van der Waals surface area contributed by atoms with Crippen molar-refractivity contribution in [1.29, 1.82) is 0 Å². The summed E-state index contributed by atoms with van der Waals surface area (Å²) in [6.45, 7) is 1.54. The smallest absolute Gasteiger partial charge is 0.405 e. The lowest BCUT2D eigenvalue weighted by Crippen LogP contribution is -2.25. The lowest BCUT2D eigenvalue weighted by Gasteiger charge is -2.12. The zero-order chi connectivity index (χ0) is 10.7. The average Bonchev–Trinajstić information content (AvgIpc) is 2.08. The number of amides is 1. The summed E-state index contributed by atoms with van der Waals surface area (Å²) in [5, 5.41) is 10.6. The molecule has 0 bridgehead atoms. The SMILES string of the molecule is CC(NC(=O)O)c1cccc(Cl)c1F. The van der Waals surface area contributed by atoms with Crippen molar-refractivity contribution in [2.45, 2.75) is 13.0 Å². The predicted molar refractivity (Wildman–Crippen MR) is 51.0 cm³/mol. The van der Waals surface area contributed by atoms with Crippen molar-refractivity contribution in [3.63, 3.8) is 0 Å². The Labute approximate surface area is 85.5 Å². The first-order valence-corrected chi connectivity index (χ1v) is 4.33. The van der Waals surface area contributed by atoms with E-state index in [1.54, 1.807) is 13.0 Å². The van der Waals surface area contributed by atoms with Crippen LogP contribution in [0.3, 0.4) is 0 Å². The van der Waals surface area contributed by atoms with E-state index in [0.29, 0.717) is 0 Å². The molecule has 0 heterocycles. The fraction of sp³-hybridized carbons (Fsp3) is 0.222. The summed E-state index contributed by atoms with van der Waals surface area (Å²) in [4.78, 5) is 10.3. The van der Waals surface area contributed by atoms with Crippen molar-refractivity contribution in [3.8, 4) is 0 Å². The summed E-state index contributed by atoms with van der Waals surface area (Å²) >= 11 is 5.54. The number of benzene rings is 1. The first-order valence-electron chi connectivity index (χ1n) is 3.95. The van der Waals surface area contributed by atoms with E-state index in [4.69, 9.17) is 16.7 Å². The molecule has 0 aromatic heterocycles. The quantitative estimate of drug-likeness (QED) is 0.800. The van der Waals surface area contributed by atoms with Gasteiger partial charge in [-0.3, -0.25) is 0 Å². The van der Waals surface area contributed by atoms with Crippen LogP contribution in [-0.2, 0) is 0 Å². The second-order valence-electron chi connectivity index (χ2n) is 2.81. The van der Waals surface area contributed by atoms with Crippen molar-refractivity contribution < 1.29 is 14.3 Å². The number of rotatable bonds is 2. The van der Waals surface area contributed by atoms with Gasteiger partial charge in [-0.1, -0.05) is 23.7 Å². The second kappa shape index (κ2) is 4.28. The highest BCUT2D eigenvalue weighted by molar-refractivity contribution is 6.30. The molecule has 5 heteroatoms. The Morgan fingerprint density at radius 3 is 2.86 bits per heavy atom. The van der Waals surface area contributed by atoms with E-state index in [9.17, 15) is 9.18 Å². The van der Waals surface area contributed by atoms with Gasteiger partial charge in [-0.05, 0) is 13.0 Å². The summed E-state index contributed by atoms with van der Waals surface area (Å²) in [6, 6.07) is 3.85. The van der Waals surface area contributed by atoms with E-state index >= 15 is 0 Å². The second-order valence-corrected chi connectivity index (χ2v) is 3.22. The molecule has 0 aliphatic rings. The first kappa shape index (κ1) is 10.8. The lowest BCUT2D eigenvalue weighted by atomic mass is 10.1. The van der Waals surface area contributed by atoms with Gasteiger partial charge >= 0.3 is 6.09 Å². The predicted octanol–water partition coefficient (Wildman–Crippen LogP) is 2.81. The molecule has 0 aliphatic heterocycles. The minimum Gasteiger partial charge on any atom is -0.465 e. The van der Waals surface area contributed by atoms with Crippen molar-refractivity contribution in [1.82, 2.24) is 5.32 Å². The van der Waals surface area contributed by atoms with Crippen LogP contribution in [0.4, 0.5) is 9.18 Å². The molecule has 0 saturated carbocycles. The highest BCUT2D eigenvalue weighted by atomic mass is 35.5. The number of carboxylic acid groups (broad SMARTS) is 1. The Bertz CT molecular complexity index is 357. The van der Waals surface area contributed by atoms with Gasteiger partial charge in [0.25, 0.3) is 0 Å². The van der Waals surface area contributed by atoms with E-state index < -0.39 is 18.0 Å². The van der Waals surface area contributed by atoms with Gasteiger partial charge in [-0.25, -0.2) is 9.18 Å². The topological polar surface area (TPSA) is 49.3 Å². The van der Waals surface area contributed by atoms with Crippen molar-refractivity contribution in [3.05, 3.63) is 34.6 Å². The van der Waals surface area contributed by atoms with Crippen LogP contribution in [0.1, 0.15) is 18.5 Å². The van der Waals surface area contributed by atoms with E-state index in [1.807, 2.05) is 0 Å². The molecule has 76 valence electrons. The van der Waals surface area contributed by atoms with Crippen LogP contribution in [0.15, 0.2) is 18.2 Å². The molecular weight excluding hydrogens is 209 g/mol. The summed E-state index contributed by atoms with van der Waals surface area (Å²) in [6.07, 6.45) is -1.20. The third-order valence-electron chi connectivity index (χ3n) is 1.79. The normalized spacial score (nSPS) is 12.2. The average molecular weight is 218 g/mol. The monoisotopic (exact) mass is 217 g/mol. The van der Waals surface area contributed by atoms with E-state index in [-0.39, 0.29) is 10.6 Å². The largest absolute Gasteiger partial charge is 0.465 e. The molecular formula is C9H9ClFNO2. The Morgan fingerprint density at radius 1 is 1.64 bits per heavy atom.